The molecule has 24 heavy (non-hydrogen) atoms. The topological polar surface area (TPSA) is 96.7 Å². The molecule has 0 unspecified atom stereocenters. The van der Waals surface area contributed by atoms with E-state index in [2.05, 4.69) is 20.3 Å². The Bertz CT molecular complexity index is 890. The van der Waals surface area contributed by atoms with Gasteiger partial charge in [-0.25, -0.2) is 9.97 Å². The van der Waals surface area contributed by atoms with Gasteiger partial charge in [0.05, 0.1) is 11.4 Å². The van der Waals surface area contributed by atoms with Crippen molar-refractivity contribution in [2.24, 2.45) is 0 Å². The fourth-order valence-electron chi connectivity index (χ4n) is 2.39. The zero-order valence-corrected chi connectivity index (χ0v) is 14.1. The van der Waals surface area contributed by atoms with Crippen LogP contribution in [0.4, 0.5) is 11.5 Å². The number of nitrogen functional groups attached to an aromatic ring is 1. The largest absolute Gasteiger partial charge is 0.399 e. The van der Waals surface area contributed by atoms with Crippen LogP contribution in [0.1, 0.15) is 6.92 Å². The second kappa shape index (κ2) is 6.76. The number of aromatic nitrogens is 3. The van der Waals surface area contributed by atoms with E-state index >= 15 is 0 Å². The summed E-state index contributed by atoms with van der Waals surface area (Å²) in [5.41, 5.74) is 10.1. The Morgan fingerprint density at radius 2 is 2.08 bits per heavy atom. The van der Waals surface area contributed by atoms with Gasteiger partial charge < -0.3 is 16.0 Å². The van der Waals surface area contributed by atoms with Gasteiger partial charge in [-0.05, 0) is 30.5 Å². The molecule has 0 saturated heterocycles. The van der Waals surface area contributed by atoms with Crippen molar-refractivity contribution >= 4 is 29.2 Å². The van der Waals surface area contributed by atoms with Gasteiger partial charge in [-0.3, -0.25) is 4.79 Å². The number of carbonyl (C=O) groups is 1. The SMILES string of the molecule is CSc1nc(-c2cccc(N)c2)c(-c2ccnc(NC(C)=O)c2)[nH]1. The van der Waals surface area contributed by atoms with Crippen LogP contribution in [0.3, 0.4) is 0 Å². The monoisotopic (exact) mass is 339 g/mol. The number of benzene rings is 1. The minimum absolute atomic E-state index is 0.162. The lowest BCUT2D eigenvalue weighted by Gasteiger charge is -2.06. The van der Waals surface area contributed by atoms with E-state index in [0.29, 0.717) is 11.5 Å². The van der Waals surface area contributed by atoms with Gasteiger partial charge >= 0.3 is 0 Å². The zero-order valence-electron chi connectivity index (χ0n) is 13.3. The minimum atomic E-state index is -0.162. The molecule has 6 nitrogen and oxygen atoms in total. The van der Waals surface area contributed by atoms with Gasteiger partial charge in [-0.1, -0.05) is 23.9 Å². The average molecular weight is 339 g/mol. The van der Waals surface area contributed by atoms with Crippen LogP contribution in [0.2, 0.25) is 0 Å². The minimum Gasteiger partial charge on any atom is -0.399 e. The van der Waals surface area contributed by atoms with E-state index in [9.17, 15) is 4.79 Å². The summed E-state index contributed by atoms with van der Waals surface area (Å²) in [6, 6.07) is 11.3. The van der Waals surface area contributed by atoms with Crippen LogP contribution in [-0.4, -0.2) is 27.1 Å². The van der Waals surface area contributed by atoms with Gasteiger partial charge in [0.1, 0.15) is 5.82 Å². The Morgan fingerprint density at radius 3 is 2.79 bits per heavy atom. The first kappa shape index (κ1) is 16.1. The first-order valence-corrected chi connectivity index (χ1v) is 8.53. The summed E-state index contributed by atoms with van der Waals surface area (Å²) in [7, 11) is 0. The highest BCUT2D eigenvalue weighted by atomic mass is 32.2. The molecule has 0 aliphatic carbocycles. The number of hydrogen-bond donors (Lipinski definition) is 3. The van der Waals surface area contributed by atoms with Crippen LogP contribution in [0, 0.1) is 0 Å². The number of anilines is 2. The van der Waals surface area contributed by atoms with Crippen molar-refractivity contribution in [3.8, 4) is 22.5 Å². The van der Waals surface area contributed by atoms with Crippen molar-refractivity contribution in [3.05, 3.63) is 42.6 Å². The molecule has 3 aromatic rings. The maximum absolute atomic E-state index is 11.2. The predicted octanol–water partition coefficient (Wildman–Crippen LogP) is 3.40. The van der Waals surface area contributed by atoms with Crippen molar-refractivity contribution < 1.29 is 4.79 Å². The highest BCUT2D eigenvalue weighted by Gasteiger charge is 2.15. The number of rotatable bonds is 4. The van der Waals surface area contributed by atoms with E-state index in [0.717, 1.165) is 27.7 Å². The number of thioether (sulfide) groups is 1. The molecule has 0 atom stereocenters. The first-order chi connectivity index (χ1) is 11.6. The van der Waals surface area contributed by atoms with Gasteiger partial charge in [-0.2, -0.15) is 0 Å². The number of nitrogens with two attached hydrogens (primary N) is 1. The third kappa shape index (κ3) is 3.41. The molecule has 3 rings (SSSR count). The molecule has 4 N–H and O–H groups in total. The lowest BCUT2D eigenvalue weighted by Crippen LogP contribution is -2.07. The van der Waals surface area contributed by atoms with E-state index in [1.807, 2.05) is 42.7 Å². The summed E-state index contributed by atoms with van der Waals surface area (Å²) >= 11 is 1.53. The number of imidazole rings is 1. The molecule has 0 aliphatic heterocycles. The number of amides is 1. The number of nitrogens with one attached hydrogen (secondary N) is 2. The van der Waals surface area contributed by atoms with Crippen LogP contribution in [-0.2, 0) is 4.79 Å². The summed E-state index contributed by atoms with van der Waals surface area (Å²) in [4.78, 5) is 23.4. The van der Waals surface area contributed by atoms with Gasteiger partial charge in [0.2, 0.25) is 5.91 Å². The van der Waals surface area contributed by atoms with E-state index in [1.165, 1.54) is 18.7 Å². The fraction of sp³-hybridized carbons (Fsp3) is 0.118. The Balaban J connectivity index is 2.11. The van der Waals surface area contributed by atoms with Crippen LogP contribution in [0.5, 0.6) is 0 Å². The third-order valence-electron chi connectivity index (χ3n) is 3.39. The van der Waals surface area contributed by atoms with Crippen LogP contribution >= 0.6 is 11.8 Å². The Kier molecular flexibility index (Phi) is 4.52. The molecule has 7 heteroatoms. The van der Waals surface area contributed by atoms with Crippen LogP contribution in [0.25, 0.3) is 22.5 Å². The lowest BCUT2D eigenvalue weighted by molar-refractivity contribution is -0.114. The van der Waals surface area contributed by atoms with E-state index in [1.54, 1.807) is 6.20 Å². The van der Waals surface area contributed by atoms with E-state index in [4.69, 9.17) is 5.73 Å². The quantitative estimate of drug-likeness (QED) is 0.500. The lowest BCUT2D eigenvalue weighted by atomic mass is 10.1. The van der Waals surface area contributed by atoms with Gasteiger partial charge in [0.15, 0.2) is 5.16 Å². The van der Waals surface area contributed by atoms with E-state index in [-0.39, 0.29) is 5.91 Å². The Morgan fingerprint density at radius 1 is 1.25 bits per heavy atom. The van der Waals surface area contributed by atoms with Crippen molar-refractivity contribution in [1.82, 2.24) is 15.0 Å². The Hall–Kier alpha value is -2.80. The van der Waals surface area contributed by atoms with Crippen molar-refractivity contribution in [2.75, 3.05) is 17.3 Å². The van der Waals surface area contributed by atoms with Crippen LogP contribution in [0.15, 0.2) is 47.8 Å². The van der Waals surface area contributed by atoms with Gasteiger partial charge in [0, 0.05) is 29.9 Å². The number of carbonyl (C=O) groups excluding carboxylic acids is 1. The second-order valence-corrected chi connectivity index (χ2v) is 6.00. The molecule has 122 valence electrons. The molecule has 2 aromatic heterocycles. The van der Waals surface area contributed by atoms with Crippen LogP contribution < -0.4 is 11.1 Å². The van der Waals surface area contributed by atoms with E-state index < -0.39 is 0 Å². The molecule has 2 heterocycles. The second-order valence-electron chi connectivity index (χ2n) is 5.21. The fourth-order valence-corrected chi connectivity index (χ4v) is 2.77. The molecular weight excluding hydrogens is 322 g/mol. The zero-order chi connectivity index (χ0) is 17.1. The summed E-state index contributed by atoms with van der Waals surface area (Å²) in [5.74, 6) is 0.337. The van der Waals surface area contributed by atoms with Crippen molar-refractivity contribution in [1.29, 1.82) is 0 Å². The van der Waals surface area contributed by atoms with Crippen molar-refractivity contribution in [3.63, 3.8) is 0 Å². The molecule has 0 bridgehead atoms. The molecule has 0 aliphatic rings. The summed E-state index contributed by atoms with van der Waals surface area (Å²) in [6.45, 7) is 1.45. The number of aromatic amines is 1. The number of hydrogen-bond acceptors (Lipinski definition) is 5. The molecule has 0 radical (unpaired) electrons. The maximum atomic E-state index is 11.2. The molecule has 0 spiro atoms. The summed E-state index contributed by atoms with van der Waals surface area (Å²) in [6.07, 6.45) is 3.62. The first-order valence-electron chi connectivity index (χ1n) is 7.30. The summed E-state index contributed by atoms with van der Waals surface area (Å²) < 4.78 is 0. The number of nitrogens with zero attached hydrogens (tertiary/aromatic N) is 2. The Labute approximate surface area is 143 Å². The maximum Gasteiger partial charge on any atom is 0.222 e. The molecule has 1 aromatic carbocycles. The highest BCUT2D eigenvalue weighted by molar-refractivity contribution is 7.98. The number of H-pyrrole nitrogens is 1. The third-order valence-corrected chi connectivity index (χ3v) is 3.97. The average Bonchev–Trinajstić information content (AvgIpc) is 2.99. The molecule has 0 fully saturated rings. The molecule has 1 amide bonds. The number of pyridine rings is 1. The van der Waals surface area contributed by atoms with Crippen molar-refractivity contribution in [2.45, 2.75) is 12.1 Å². The van der Waals surface area contributed by atoms with Gasteiger partial charge in [-0.15, -0.1) is 0 Å². The highest BCUT2D eigenvalue weighted by Crippen LogP contribution is 2.33. The summed E-state index contributed by atoms with van der Waals surface area (Å²) in [5, 5.41) is 3.50. The smallest absolute Gasteiger partial charge is 0.222 e. The molecule has 0 saturated carbocycles. The van der Waals surface area contributed by atoms with Gasteiger partial charge in [0.25, 0.3) is 0 Å². The predicted molar refractivity (Wildman–Crippen MR) is 97.8 cm³/mol. The molecular formula is C17H17N5OS. The normalized spacial score (nSPS) is 10.6. The standard InChI is InChI=1S/C17H17N5OS/c1-10(23)20-14-9-12(6-7-19-14)16-15(21-17(22-16)24-2)11-4-3-5-13(18)8-11/h3-9H,18H2,1-2H3,(H,21,22)(H,19,20,23).